The van der Waals surface area contributed by atoms with E-state index in [9.17, 15) is 0 Å². The van der Waals surface area contributed by atoms with E-state index in [1.54, 1.807) is 7.11 Å². The van der Waals surface area contributed by atoms with Crippen LogP contribution in [0, 0.1) is 11.8 Å². The van der Waals surface area contributed by atoms with Crippen molar-refractivity contribution in [1.29, 1.82) is 0 Å². The molecule has 2 rings (SSSR count). The smallest absolute Gasteiger partial charge is 0.193 e. The lowest BCUT2D eigenvalue weighted by molar-refractivity contribution is 0.0773. The second-order valence-corrected chi connectivity index (χ2v) is 8.23. The molecule has 2 fully saturated rings. The Morgan fingerprint density at radius 2 is 2.00 bits per heavy atom. The van der Waals surface area contributed by atoms with Gasteiger partial charge in [0.05, 0.1) is 13.2 Å². The molecule has 2 saturated heterocycles. The highest BCUT2D eigenvalue weighted by molar-refractivity contribution is 14.0. The zero-order chi connectivity index (χ0) is 17.6. The van der Waals surface area contributed by atoms with Crippen LogP contribution in [0.4, 0.5) is 0 Å². The van der Waals surface area contributed by atoms with E-state index in [0.717, 1.165) is 44.7 Å². The van der Waals surface area contributed by atoms with Crippen molar-refractivity contribution in [1.82, 2.24) is 15.1 Å². The van der Waals surface area contributed by atoms with Crippen LogP contribution in [0.3, 0.4) is 0 Å². The summed E-state index contributed by atoms with van der Waals surface area (Å²) in [6.07, 6.45) is 3.89. The standard InChI is InChI=1S/C19H38N4O.HI/c1-6-20-18(22-11-9-17(13-22)14-24-5)21-15-19(3,4)23-10-7-8-16(2)12-23;/h16-17H,6-15H2,1-5H3,(H,20,21);1H. The second kappa shape index (κ2) is 10.9. The first-order chi connectivity index (χ1) is 11.5. The van der Waals surface area contributed by atoms with Crippen molar-refractivity contribution in [2.75, 3.05) is 53.0 Å². The Morgan fingerprint density at radius 3 is 2.64 bits per heavy atom. The number of hydrogen-bond donors (Lipinski definition) is 1. The van der Waals surface area contributed by atoms with Crippen molar-refractivity contribution in [3.8, 4) is 0 Å². The normalized spacial score (nSPS) is 25.8. The zero-order valence-electron chi connectivity index (χ0n) is 16.9. The van der Waals surface area contributed by atoms with Crippen molar-refractivity contribution in [2.45, 2.75) is 52.5 Å². The number of rotatable bonds is 6. The minimum absolute atomic E-state index is 0. The van der Waals surface area contributed by atoms with E-state index in [1.165, 1.54) is 32.4 Å². The molecule has 148 valence electrons. The largest absolute Gasteiger partial charge is 0.384 e. The summed E-state index contributed by atoms with van der Waals surface area (Å²) >= 11 is 0. The van der Waals surface area contributed by atoms with Gasteiger partial charge in [-0.3, -0.25) is 9.89 Å². The molecule has 2 aliphatic heterocycles. The molecule has 0 saturated carbocycles. The van der Waals surface area contributed by atoms with Crippen LogP contribution in [-0.2, 0) is 4.74 Å². The third-order valence-corrected chi connectivity index (χ3v) is 5.45. The summed E-state index contributed by atoms with van der Waals surface area (Å²) in [6.45, 7) is 16.4. The average molecular weight is 466 g/mol. The molecule has 0 aromatic carbocycles. The van der Waals surface area contributed by atoms with Gasteiger partial charge in [0.2, 0.25) is 0 Å². The number of likely N-dealkylation sites (tertiary alicyclic amines) is 2. The molecule has 0 aromatic rings. The van der Waals surface area contributed by atoms with E-state index in [1.807, 2.05) is 0 Å². The molecule has 0 radical (unpaired) electrons. The molecule has 2 unspecified atom stereocenters. The molecule has 5 nitrogen and oxygen atoms in total. The van der Waals surface area contributed by atoms with Crippen molar-refractivity contribution in [3.63, 3.8) is 0 Å². The second-order valence-electron chi connectivity index (χ2n) is 8.23. The Morgan fingerprint density at radius 1 is 1.24 bits per heavy atom. The van der Waals surface area contributed by atoms with E-state index < -0.39 is 0 Å². The number of ether oxygens (including phenoxy) is 1. The van der Waals surface area contributed by atoms with Crippen LogP contribution in [0.25, 0.3) is 0 Å². The Bertz CT molecular complexity index is 416. The quantitative estimate of drug-likeness (QED) is 0.371. The predicted octanol–water partition coefficient (Wildman–Crippen LogP) is 3.05. The summed E-state index contributed by atoms with van der Waals surface area (Å²) < 4.78 is 5.32. The molecule has 0 spiro atoms. The highest BCUT2D eigenvalue weighted by Crippen LogP contribution is 2.24. The number of nitrogens with one attached hydrogen (secondary N) is 1. The number of guanidine groups is 1. The summed E-state index contributed by atoms with van der Waals surface area (Å²) in [5, 5.41) is 3.49. The molecule has 0 amide bonds. The van der Waals surface area contributed by atoms with Crippen molar-refractivity contribution < 1.29 is 4.74 Å². The van der Waals surface area contributed by atoms with E-state index in [4.69, 9.17) is 9.73 Å². The fourth-order valence-electron chi connectivity index (χ4n) is 3.93. The fraction of sp³-hybridized carbons (Fsp3) is 0.947. The van der Waals surface area contributed by atoms with Gasteiger partial charge in [0.1, 0.15) is 0 Å². The van der Waals surface area contributed by atoms with E-state index in [0.29, 0.717) is 5.92 Å². The summed E-state index contributed by atoms with van der Waals surface area (Å²) in [5.74, 6) is 2.52. The Kier molecular flexibility index (Phi) is 10.0. The third-order valence-electron chi connectivity index (χ3n) is 5.45. The van der Waals surface area contributed by atoms with Gasteiger partial charge in [-0.15, -0.1) is 24.0 Å². The van der Waals surface area contributed by atoms with Crippen molar-refractivity contribution in [2.24, 2.45) is 16.8 Å². The van der Waals surface area contributed by atoms with Gasteiger partial charge in [0.15, 0.2) is 5.96 Å². The number of nitrogens with zero attached hydrogens (tertiary/aromatic N) is 3. The number of piperidine rings is 1. The first kappa shape index (κ1) is 23.0. The molecule has 2 heterocycles. The monoisotopic (exact) mass is 466 g/mol. The molecule has 2 atom stereocenters. The fourth-order valence-corrected chi connectivity index (χ4v) is 3.93. The Balaban J connectivity index is 0.00000312. The molecular weight excluding hydrogens is 427 g/mol. The van der Waals surface area contributed by atoms with Gasteiger partial charge in [0, 0.05) is 44.7 Å². The van der Waals surface area contributed by atoms with Gasteiger partial charge in [-0.05, 0) is 52.5 Å². The molecule has 1 N–H and O–H groups in total. The van der Waals surface area contributed by atoms with Gasteiger partial charge in [-0.25, -0.2) is 0 Å². The lowest BCUT2D eigenvalue weighted by Crippen LogP contribution is -2.51. The van der Waals surface area contributed by atoms with Crippen LogP contribution in [0.5, 0.6) is 0 Å². The summed E-state index contributed by atoms with van der Waals surface area (Å²) in [7, 11) is 1.80. The maximum atomic E-state index is 5.32. The maximum absolute atomic E-state index is 5.32. The van der Waals surface area contributed by atoms with Crippen LogP contribution in [-0.4, -0.2) is 74.3 Å². The summed E-state index contributed by atoms with van der Waals surface area (Å²) in [4.78, 5) is 10.0. The maximum Gasteiger partial charge on any atom is 0.193 e. The van der Waals surface area contributed by atoms with Crippen molar-refractivity contribution in [3.05, 3.63) is 0 Å². The van der Waals surface area contributed by atoms with Crippen LogP contribution in [0.1, 0.15) is 47.0 Å². The minimum atomic E-state index is 0. The first-order valence-electron chi connectivity index (χ1n) is 9.73. The molecular formula is C19H39IN4O. The minimum Gasteiger partial charge on any atom is -0.384 e. The highest BCUT2D eigenvalue weighted by Gasteiger charge is 2.31. The summed E-state index contributed by atoms with van der Waals surface area (Å²) in [6, 6.07) is 0. The van der Waals surface area contributed by atoms with E-state index in [-0.39, 0.29) is 29.5 Å². The SMILES string of the molecule is CCNC(=NCC(C)(C)N1CCCC(C)C1)N1CCC(COC)C1.I. The van der Waals surface area contributed by atoms with E-state index >= 15 is 0 Å². The summed E-state index contributed by atoms with van der Waals surface area (Å²) in [5.41, 5.74) is 0.126. The lowest BCUT2D eigenvalue weighted by Gasteiger charge is -2.42. The van der Waals surface area contributed by atoms with Gasteiger partial charge < -0.3 is 15.0 Å². The first-order valence-corrected chi connectivity index (χ1v) is 9.73. The van der Waals surface area contributed by atoms with Gasteiger partial charge >= 0.3 is 0 Å². The number of aliphatic imine (C=N–C) groups is 1. The van der Waals surface area contributed by atoms with Crippen LogP contribution >= 0.6 is 24.0 Å². The number of methoxy groups -OCH3 is 1. The van der Waals surface area contributed by atoms with Crippen LogP contribution in [0.2, 0.25) is 0 Å². The van der Waals surface area contributed by atoms with E-state index in [2.05, 4.69) is 42.8 Å². The van der Waals surface area contributed by atoms with Gasteiger partial charge in [-0.2, -0.15) is 0 Å². The molecule has 0 aliphatic carbocycles. The van der Waals surface area contributed by atoms with Gasteiger partial charge in [0.25, 0.3) is 0 Å². The van der Waals surface area contributed by atoms with Crippen LogP contribution < -0.4 is 5.32 Å². The topological polar surface area (TPSA) is 40.1 Å². The Hall–Kier alpha value is -0.0800. The average Bonchev–Trinajstić information content (AvgIpc) is 3.00. The predicted molar refractivity (Wildman–Crippen MR) is 117 cm³/mol. The van der Waals surface area contributed by atoms with Crippen LogP contribution in [0.15, 0.2) is 4.99 Å². The number of hydrogen-bond acceptors (Lipinski definition) is 3. The molecule has 2 aliphatic rings. The van der Waals surface area contributed by atoms with Gasteiger partial charge in [-0.1, -0.05) is 6.92 Å². The molecule has 6 heteroatoms. The molecule has 25 heavy (non-hydrogen) atoms. The molecule has 0 bridgehead atoms. The lowest BCUT2D eigenvalue weighted by atomic mass is 9.94. The highest BCUT2D eigenvalue weighted by atomic mass is 127. The number of halogens is 1. The third kappa shape index (κ3) is 6.86. The van der Waals surface area contributed by atoms with Crippen molar-refractivity contribution >= 4 is 29.9 Å². The Labute approximate surface area is 172 Å². The zero-order valence-corrected chi connectivity index (χ0v) is 19.2. The molecule has 0 aromatic heterocycles.